The third-order valence-corrected chi connectivity index (χ3v) is 2.70. The van der Waals surface area contributed by atoms with Gasteiger partial charge < -0.3 is 5.73 Å². The zero-order valence-corrected chi connectivity index (χ0v) is 10.4. The van der Waals surface area contributed by atoms with Crippen LogP contribution in [-0.2, 0) is 11.2 Å². The van der Waals surface area contributed by atoms with Gasteiger partial charge in [-0.25, -0.2) is 4.68 Å². The van der Waals surface area contributed by atoms with Crippen molar-refractivity contribution < 1.29 is 4.79 Å². The van der Waals surface area contributed by atoms with Crippen molar-refractivity contribution in [2.24, 2.45) is 5.73 Å². The minimum absolute atomic E-state index is 0.171. The lowest BCUT2D eigenvalue weighted by Crippen LogP contribution is -2.17. The second kappa shape index (κ2) is 5.09. The number of carbonyl (C=O) groups is 1. The largest absolute Gasteiger partial charge is 0.369 e. The zero-order chi connectivity index (χ0) is 12.3. The lowest BCUT2D eigenvalue weighted by Gasteiger charge is -2.15. The van der Waals surface area contributed by atoms with Gasteiger partial charge in [-0.2, -0.15) is 0 Å². The average molecular weight is 224 g/mol. The van der Waals surface area contributed by atoms with Crippen molar-refractivity contribution in [3.05, 3.63) is 11.4 Å². The van der Waals surface area contributed by atoms with Gasteiger partial charge in [0.2, 0.25) is 5.91 Å². The molecule has 0 spiro atoms. The third-order valence-electron chi connectivity index (χ3n) is 2.70. The fourth-order valence-electron chi connectivity index (χ4n) is 1.72. The van der Waals surface area contributed by atoms with Gasteiger partial charge in [-0.3, -0.25) is 4.79 Å². The molecule has 0 aliphatic heterocycles. The van der Waals surface area contributed by atoms with Gasteiger partial charge >= 0.3 is 0 Å². The van der Waals surface area contributed by atoms with Crippen LogP contribution in [0.3, 0.4) is 0 Å². The molecule has 0 aliphatic rings. The first-order valence-electron chi connectivity index (χ1n) is 5.69. The fourth-order valence-corrected chi connectivity index (χ4v) is 1.72. The molecule has 0 aromatic carbocycles. The van der Waals surface area contributed by atoms with E-state index in [2.05, 4.69) is 38.0 Å². The number of nitrogens with zero attached hydrogens (tertiary/aromatic N) is 3. The van der Waals surface area contributed by atoms with E-state index in [0.717, 1.165) is 12.1 Å². The highest BCUT2D eigenvalue weighted by Crippen LogP contribution is 2.22. The average Bonchev–Trinajstić information content (AvgIpc) is 2.59. The van der Waals surface area contributed by atoms with Crippen LogP contribution in [0.2, 0.25) is 0 Å². The molecular weight excluding hydrogens is 204 g/mol. The van der Waals surface area contributed by atoms with E-state index in [-0.39, 0.29) is 12.3 Å². The van der Waals surface area contributed by atoms with E-state index in [1.807, 2.05) is 4.68 Å². The molecule has 0 radical (unpaired) electrons. The van der Waals surface area contributed by atoms with Crippen LogP contribution in [-0.4, -0.2) is 20.9 Å². The number of carbonyl (C=O) groups excluding carboxylic acids is 1. The van der Waals surface area contributed by atoms with Gasteiger partial charge in [-0.1, -0.05) is 26.0 Å². The van der Waals surface area contributed by atoms with E-state index < -0.39 is 0 Å². The highest BCUT2D eigenvalue weighted by molar-refractivity contribution is 5.76. The molecule has 5 heteroatoms. The molecule has 1 heterocycles. The summed E-state index contributed by atoms with van der Waals surface area (Å²) in [5, 5.41) is 8.18. The Morgan fingerprint density at radius 1 is 1.44 bits per heavy atom. The summed E-state index contributed by atoms with van der Waals surface area (Å²) in [5.74, 6) is -0.0727. The van der Waals surface area contributed by atoms with Crippen LogP contribution in [0.1, 0.15) is 57.5 Å². The maximum absolute atomic E-state index is 10.9. The number of aromatic nitrogens is 3. The summed E-state index contributed by atoms with van der Waals surface area (Å²) in [5.41, 5.74) is 6.93. The van der Waals surface area contributed by atoms with Gasteiger partial charge in [0, 0.05) is 0 Å². The van der Waals surface area contributed by atoms with Crippen LogP contribution in [0.5, 0.6) is 0 Å². The van der Waals surface area contributed by atoms with Gasteiger partial charge in [-0.05, 0) is 19.3 Å². The Hall–Kier alpha value is -1.39. The zero-order valence-electron chi connectivity index (χ0n) is 10.4. The number of rotatable bonds is 5. The van der Waals surface area contributed by atoms with Gasteiger partial charge in [0.15, 0.2) is 0 Å². The maximum atomic E-state index is 10.9. The molecule has 0 saturated carbocycles. The minimum atomic E-state index is -0.363. The summed E-state index contributed by atoms with van der Waals surface area (Å²) in [6.45, 7) is 8.34. The van der Waals surface area contributed by atoms with Crippen molar-refractivity contribution in [1.82, 2.24) is 15.0 Å². The molecule has 2 N–H and O–H groups in total. The molecule has 1 amide bonds. The summed E-state index contributed by atoms with van der Waals surface area (Å²) in [6, 6.07) is 0.298. The van der Waals surface area contributed by atoms with E-state index >= 15 is 0 Å². The van der Waals surface area contributed by atoms with Crippen LogP contribution in [0.25, 0.3) is 0 Å². The SMILES string of the molecule is CCC(C)n1nnc(CC(N)=O)c1C(C)C. The van der Waals surface area contributed by atoms with Crippen molar-refractivity contribution in [2.75, 3.05) is 0 Å². The Morgan fingerprint density at radius 2 is 2.06 bits per heavy atom. The quantitative estimate of drug-likeness (QED) is 0.821. The van der Waals surface area contributed by atoms with Crippen molar-refractivity contribution in [2.45, 2.75) is 52.5 Å². The van der Waals surface area contributed by atoms with Crippen LogP contribution in [0.4, 0.5) is 0 Å². The molecule has 1 rings (SSSR count). The Morgan fingerprint density at radius 3 is 2.50 bits per heavy atom. The molecular formula is C11H20N4O. The molecule has 1 aromatic rings. The van der Waals surface area contributed by atoms with E-state index in [4.69, 9.17) is 5.73 Å². The van der Waals surface area contributed by atoms with Crippen molar-refractivity contribution in [3.63, 3.8) is 0 Å². The highest BCUT2D eigenvalue weighted by atomic mass is 16.1. The molecule has 1 atom stereocenters. The van der Waals surface area contributed by atoms with Gasteiger partial charge in [0.05, 0.1) is 23.9 Å². The monoisotopic (exact) mass is 224 g/mol. The Balaban J connectivity index is 3.11. The van der Waals surface area contributed by atoms with Crippen molar-refractivity contribution >= 4 is 5.91 Å². The number of hydrogen-bond donors (Lipinski definition) is 1. The second-order valence-electron chi connectivity index (χ2n) is 4.42. The standard InChI is InChI=1S/C11H20N4O/c1-5-8(4)15-11(7(2)3)9(13-14-15)6-10(12)16/h7-8H,5-6H2,1-4H3,(H2,12,16). The molecule has 16 heavy (non-hydrogen) atoms. The number of amides is 1. The van der Waals surface area contributed by atoms with E-state index in [1.54, 1.807) is 0 Å². The van der Waals surface area contributed by atoms with Crippen LogP contribution in [0, 0.1) is 0 Å². The normalized spacial score (nSPS) is 13.1. The minimum Gasteiger partial charge on any atom is -0.369 e. The number of primary amides is 1. The van der Waals surface area contributed by atoms with Crippen molar-refractivity contribution in [1.29, 1.82) is 0 Å². The smallest absolute Gasteiger partial charge is 0.223 e. The first kappa shape index (κ1) is 12.7. The molecule has 1 unspecified atom stereocenters. The summed E-state index contributed by atoms with van der Waals surface area (Å²) < 4.78 is 1.91. The summed E-state index contributed by atoms with van der Waals surface area (Å²) in [6.07, 6.45) is 1.16. The third kappa shape index (κ3) is 2.59. The predicted octanol–water partition coefficient (Wildman–Crippen LogP) is 1.40. The summed E-state index contributed by atoms with van der Waals surface area (Å²) >= 11 is 0. The highest BCUT2D eigenvalue weighted by Gasteiger charge is 2.19. The van der Waals surface area contributed by atoms with Crippen LogP contribution >= 0.6 is 0 Å². The molecule has 1 aromatic heterocycles. The maximum Gasteiger partial charge on any atom is 0.223 e. The van der Waals surface area contributed by atoms with Crippen LogP contribution in [0.15, 0.2) is 0 Å². The predicted molar refractivity (Wildman–Crippen MR) is 62.0 cm³/mol. The Bertz CT molecular complexity index is 370. The van der Waals surface area contributed by atoms with E-state index in [0.29, 0.717) is 17.7 Å². The molecule has 5 nitrogen and oxygen atoms in total. The van der Waals surface area contributed by atoms with Crippen molar-refractivity contribution in [3.8, 4) is 0 Å². The van der Waals surface area contributed by atoms with E-state index in [1.165, 1.54) is 0 Å². The Labute approximate surface area is 96.0 Å². The first-order valence-corrected chi connectivity index (χ1v) is 5.69. The first-order chi connectivity index (χ1) is 7.47. The Kier molecular flexibility index (Phi) is 4.04. The van der Waals surface area contributed by atoms with Gasteiger partial charge in [0.25, 0.3) is 0 Å². The van der Waals surface area contributed by atoms with Crippen LogP contribution < -0.4 is 5.73 Å². The number of hydrogen-bond acceptors (Lipinski definition) is 3. The molecule has 0 aliphatic carbocycles. The van der Waals surface area contributed by atoms with Gasteiger partial charge in [-0.15, -0.1) is 5.10 Å². The molecule has 90 valence electrons. The number of nitrogens with two attached hydrogens (primary N) is 1. The lowest BCUT2D eigenvalue weighted by atomic mass is 10.1. The van der Waals surface area contributed by atoms with E-state index in [9.17, 15) is 4.79 Å². The van der Waals surface area contributed by atoms with Gasteiger partial charge in [0.1, 0.15) is 0 Å². The molecule has 0 bridgehead atoms. The summed E-state index contributed by atoms with van der Waals surface area (Å²) in [4.78, 5) is 10.9. The molecule has 0 saturated heterocycles. The fraction of sp³-hybridized carbons (Fsp3) is 0.727. The lowest BCUT2D eigenvalue weighted by molar-refractivity contribution is -0.117. The molecule has 0 fully saturated rings. The second-order valence-corrected chi connectivity index (χ2v) is 4.42. The topological polar surface area (TPSA) is 73.8 Å². The summed E-state index contributed by atoms with van der Waals surface area (Å²) in [7, 11) is 0.